The Morgan fingerprint density at radius 1 is 1.24 bits per heavy atom. The Morgan fingerprint density at radius 3 is 2.43 bits per heavy atom. The van der Waals surface area contributed by atoms with E-state index in [0.29, 0.717) is 13.0 Å². The monoisotopic (exact) mass is 291 g/mol. The van der Waals surface area contributed by atoms with E-state index in [4.69, 9.17) is 10.8 Å². The number of nitrogens with zero attached hydrogens (tertiary/aromatic N) is 2. The SMILES string of the molecule is CC(CC(=O)N1CCN(CCO)CC1)c1ccc(N)cc1. The number of amides is 1. The Labute approximate surface area is 126 Å². The standard InChI is InChI=1S/C16H25N3O2/c1-13(14-2-4-15(17)5-3-14)12-16(21)19-8-6-18(7-9-19)10-11-20/h2-5,13,20H,6-12,17H2,1H3. The molecule has 1 atom stereocenters. The number of nitrogen functional groups attached to an aromatic ring is 1. The lowest BCUT2D eigenvalue weighted by atomic mass is 9.97. The number of piperazine rings is 1. The van der Waals surface area contributed by atoms with E-state index in [1.807, 2.05) is 29.2 Å². The maximum absolute atomic E-state index is 12.3. The highest BCUT2D eigenvalue weighted by Gasteiger charge is 2.22. The van der Waals surface area contributed by atoms with E-state index in [0.717, 1.165) is 37.4 Å². The molecule has 1 saturated heterocycles. The van der Waals surface area contributed by atoms with Crippen LogP contribution in [-0.2, 0) is 4.79 Å². The van der Waals surface area contributed by atoms with Crippen LogP contribution in [0.2, 0.25) is 0 Å². The molecule has 1 unspecified atom stereocenters. The minimum Gasteiger partial charge on any atom is -0.399 e. The molecule has 0 aromatic heterocycles. The van der Waals surface area contributed by atoms with Crippen molar-refractivity contribution in [3.8, 4) is 0 Å². The van der Waals surface area contributed by atoms with E-state index in [2.05, 4.69) is 11.8 Å². The van der Waals surface area contributed by atoms with E-state index in [9.17, 15) is 4.79 Å². The van der Waals surface area contributed by atoms with Gasteiger partial charge in [-0.3, -0.25) is 9.69 Å². The van der Waals surface area contributed by atoms with Gasteiger partial charge in [0.25, 0.3) is 0 Å². The van der Waals surface area contributed by atoms with Gasteiger partial charge in [-0.2, -0.15) is 0 Å². The lowest BCUT2D eigenvalue weighted by Crippen LogP contribution is -2.49. The summed E-state index contributed by atoms with van der Waals surface area (Å²) in [6, 6.07) is 7.74. The van der Waals surface area contributed by atoms with Crippen molar-refractivity contribution in [2.45, 2.75) is 19.3 Å². The maximum atomic E-state index is 12.3. The Kier molecular flexibility index (Phi) is 5.59. The molecule has 1 amide bonds. The minimum atomic E-state index is 0.183. The second-order valence-electron chi connectivity index (χ2n) is 5.72. The predicted molar refractivity (Wildman–Crippen MR) is 84.0 cm³/mol. The summed E-state index contributed by atoms with van der Waals surface area (Å²) in [4.78, 5) is 16.5. The third-order valence-corrected chi connectivity index (χ3v) is 4.13. The molecule has 0 bridgehead atoms. The minimum absolute atomic E-state index is 0.183. The van der Waals surface area contributed by atoms with Gasteiger partial charge in [0.2, 0.25) is 5.91 Å². The number of hydrogen-bond donors (Lipinski definition) is 2. The molecule has 116 valence electrons. The molecule has 2 rings (SSSR count). The molecule has 5 nitrogen and oxygen atoms in total. The number of nitrogens with two attached hydrogens (primary N) is 1. The van der Waals surface area contributed by atoms with Crippen LogP contribution in [0.15, 0.2) is 24.3 Å². The number of anilines is 1. The fraction of sp³-hybridized carbons (Fsp3) is 0.562. The summed E-state index contributed by atoms with van der Waals surface area (Å²) in [5.74, 6) is 0.413. The number of hydrogen-bond acceptors (Lipinski definition) is 4. The van der Waals surface area contributed by atoms with Crippen LogP contribution in [0, 0.1) is 0 Å². The van der Waals surface area contributed by atoms with Gasteiger partial charge in [-0.1, -0.05) is 19.1 Å². The van der Waals surface area contributed by atoms with Gasteiger partial charge in [-0.15, -0.1) is 0 Å². The summed E-state index contributed by atoms with van der Waals surface area (Å²) in [7, 11) is 0. The van der Waals surface area contributed by atoms with E-state index in [1.165, 1.54) is 0 Å². The largest absolute Gasteiger partial charge is 0.399 e. The van der Waals surface area contributed by atoms with Gasteiger partial charge < -0.3 is 15.7 Å². The molecule has 5 heteroatoms. The Balaban J connectivity index is 1.83. The number of carbonyl (C=O) groups excluding carboxylic acids is 1. The smallest absolute Gasteiger partial charge is 0.223 e. The van der Waals surface area contributed by atoms with Crippen molar-refractivity contribution >= 4 is 11.6 Å². The summed E-state index contributed by atoms with van der Waals surface area (Å²) < 4.78 is 0. The van der Waals surface area contributed by atoms with Crippen molar-refractivity contribution < 1.29 is 9.90 Å². The molecular weight excluding hydrogens is 266 g/mol. The fourth-order valence-corrected chi connectivity index (χ4v) is 2.70. The lowest BCUT2D eigenvalue weighted by molar-refractivity contribution is -0.133. The van der Waals surface area contributed by atoms with Crippen molar-refractivity contribution in [3.05, 3.63) is 29.8 Å². The molecule has 21 heavy (non-hydrogen) atoms. The van der Waals surface area contributed by atoms with Gasteiger partial charge in [-0.25, -0.2) is 0 Å². The van der Waals surface area contributed by atoms with E-state index < -0.39 is 0 Å². The first-order valence-corrected chi connectivity index (χ1v) is 7.56. The van der Waals surface area contributed by atoms with E-state index in [-0.39, 0.29) is 18.4 Å². The summed E-state index contributed by atoms with van der Waals surface area (Å²) in [5, 5.41) is 8.93. The molecule has 1 aliphatic heterocycles. The van der Waals surface area contributed by atoms with Gasteiger partial charge >= 0.3 is 0 Å². The van der Waals surface area contributed by atoms with Gasteiger partial charge in [0, 0.05) is 44.8 Å². The quantitative estimate of drug-likeness (QED) is 0.791. The first kappa shape index (κ1) is 15.8. The highest BCUT2D eigenvalue weighted by Crippen LogP contribution is 2.21. The zero-order chi connectivity index (χ0) is 15.2. The van der Waals surface area contributed by atoms with Crippen molar-refractivity contribution in [2.24, 2.45) is 0 Å². The molecule has 1 heterocycles. The van der Waals surface area contributed by atoms with Crippen LogP contribution >= 0.6 is 0 Å². The van der Waals surface area contributed by atoms with Crippen molar-refractivity contribution in [3.63, 3.8) is 0 Å². The van der Waals surface area contributed by atoms with Gasteiger partial charge in [0.15, 0.2) is 0 Å². The fourth-order valence-electron chi connectivity index (χ4n) is 2.70. The molecule has 0 radical (unpaired) electrons. The van der Waals surface area contributed by atoms with Crippen LogP contribution in [0.4, 0.5) is 5.69 Å². The average Bonchev–Trinajstić information content (AvgIpc) is 2.49. The van der Waals surface area contributed by atoms with Crippen molar-refractivity contribution in [1.29, 1.82) is 0 Å². The average molecular weight is 291 g/mol. The highest BCUT2D eigenvalue weighted by molar-refractivity contribution is 5.77. The Morgan fingerprint density at radius 2 is 1.86 bits per heavy atom. The number of aliphatic hydroxyl groups excluding tert-OH is 1. The predicted octanol–water partition coefficient (Wildman–Crippen LogP) is 0.899. The first-order chi connectivity index (χ1) is 10.1. The van der Waals surface area contributed by atoms with Crippen molar-refractivity contribution in [2.75, 3.05) is 45.1 Å². The molecule has 1 aromatic carbocycles. The van der Waals surface area contributed by atoms with Crippen LogP contribution in [-0.4, -0.2) is 60.1 Å². The highest BCUT2D eigenvalue weighted by atomic mass is 16.3. The third-order valence-electron chi connectivity index (χ3n) is 4.13. The zero-order valence-corrected chi connectivity index (χ0v) is 12.7. The maximum Gasteiger partial charge on any atom is 0.223 e. The van der Waals surface area contributed by atoms with Crippen LogP contribution in [0.3, 0.4) is 0 Å². The molecule has 0 saturated carbocycles. The summed E-state index contributed by atoms with van der Waals surface area (Å²) in [5.41, 5.74) is 7.58. The molecule has 1 fully saturated rings. The lowest BCUT2D eigenvalue weighted by Gasteiger charge is -2.34. The summed E-state index contributed by atoms with van der Waals surface area (Å²) in [6.45, 7) is 6.17. The van der Waals surface area contributed by atoms with Crippen LogP contribution in [0.5, 0.6) is 0 Å². The normalized spacial score (nSPS) is 17.7. The van der Waals surface area contributed by atoms with Crippen LogP contribution in [0.25, 0.3) is 0 Å². The molecule has 0 spiro atoms. The van der Waals surface area contributed by atoms with Crippen LogP contribution < -0.4 is 5.73 Å². The van der Waals surface area contributed by atoms with Crippen LogP contribution in [0.1, 0.15) is 24.8 Å². The number of carbonyl (C=O) groups is 1. The second-order valence-corrected chi connectivity index (χ2v) is 5.72. The molecule has 1 aliphatic rings. The van der Waals surface area contributed by atoms with E-state index in [1.54, 1.807) is 0 Å². The summed E-state index contributed by atoms with van der Waals surface area (Å²) in [6.07, 6.45) is 0.532. The van der Waals surface area contributed by atoms with E-state index >= 15 is 0 Å². The van der Waals surface area contributed by atoms with Gasteiger partial charge in [0.1, 0.15) is 0 Å². The Hall–Kier alpha value is -1.59. The number of rotatable bonds is 5. The third kappa shape index (κ3) is 4.44. The number of aliphatic hydroxyl groups is 1. The number of β-amino-alcohol motifs (C(OH)–C–C–N with tert-alkyl or cyclic N) is 1. The molecule has 3 N–H and O–H groups in total. The van der Waals surface area contributed by atoms with Gasteiger partial charge in [-0.05, 0) is 23.6 Å². The second kappa shape index (κ2) is 7.43. The van der Waals surface area contributed by atoms with Crippen molar-refractivity contribution in [1.82, 2.24) is 9.80 Å². The summed E-state index contributed by atoms with van der Waals surface area (Å²) >= 11 is 0. The van der Waals surface area contributed by atoms with Gasteiger partial charge in [0.05, 0.1) is 6.61 Å². The molecule has 1 aromatic rings. The number of benzene rings is 1. The molecular formula is C16H25N3O2. The zero-order valence-electron chi connectivity index (χ0n) is 12.7. The Bertz CT molecular complexity index is 453. The first-order valence-electron chi connectivity index (χ1n) is 7.56. The topological polar surface area (TPSA) is 69.8 Å². The molecule has 0 aliphatic carbocycles.